The molecular formula is C24H19N5O3. The number of hydrogen-bond acceptors (Lipinski definition) is 5. The Hall–Kier alpha value is -4.59. The normalized spacial score (nSPS) is 11.0. The third-order valence-electron chi connectivity index (χ3n) is 5.06. The van der Waals surface area contributed by atoms with Crippen LogP contribution in [0.5, 0.6) is 11.5 Å². The van der Waals surface area contributed by atoms with E-state index >= 15 is 0 Å². The van der Waals surface area contributed by atoms with Crippen molar-refractivity contribution < 1.29 is 9.53 Å². The van der Waals surface area contributed by atoms with Crippen molar-refractivity contribution in [2.75, 3.05) is 11.1 Å². The summed E-state index contributed by atoms with van der Waals surface area (Å²) in [5.74, 6) is 1.47. The van der Waals surface area contributed by atoms with E-state index in [0.717, 1.165) is 5.39 Å². The zero-order valence-corrected chi connectivity index (χ0v) is 17.1. The molecule has 0 aliphatic rings. The highest BCUT2D eigenvalue weighted by molar-refractivity contribution is 5.97. The second-order valence-corrected chi connectivity index (χ2v) is 7.36. The number of fused-ring (bicyclic) bond motifs is 2. The minimum Gasteiger partial charge on any atom is -0.457 e. The number of H-pyrrole nitrogens is 2. The number of aromatic nitrogens is 3. The van der Waals surface area contributed by atoms with Crippen molar-refractivity contribution >= 4 is 39.2 Å². The first kappa shape index (κ1) is 19.4. The fourth-order valence-electron chi connectivity index (χ4n) is 3.62. The van der Waals surface area contributed by atoms with Gasteiger partial charge in [-0.1, -0.05) is 18.2 Å². The quantitative estimate of drug-likeness (QED) is 0.339. The van der Waals surface area contributed by atoms with E-state index in [1.54, 1.807) is 36.4 Å². The molecule has 32 heavy (non-hydrogen) atoms. The van der Waals surface area contributed by atoms with E-state index in [2.05, 4.69) is 20.3 Å². The van der Waals surface area contributed by atoms with Gasteiger partial charge in [0.1, 0.15) is 22.9 Å². The number of anilines is 2. The van der Waals surface area contributed by atoms with Gasteiger partial charge in [-0.15, -0.1) is 0 Å². The number of imidazole rings is 1. The van der Waals surface area contributed by atoms with Crippen molar-refractivity contribution in [1.29, 1.82) is 0 Å². The summed E-state index contributed by atoms with van der Waals surface area (Å²) in [6.45, 7) is 1.46. The molecule has 0 aliphatic heterocycles. The van der Waals surface area contributed by atoms with Gasteiger partial charge in [0.2, 0.25) is 5.91 Å². The van der Waals surface area contributed by atoms with Crippen LogP contribution in [0.3, 0.4) is 0 Å². The Kier molecular flexibility index (Phi) is 4.59. The Labute approximate surface area is 182 Å². The molecule has 0 bridgehead atoms. The fourth-order valence-corrected chi connectivity index (χ4v) is 3.62. The molecule has 5 rings (SSSR count). The predicted molar refractivity (Wildman–Crippen MR) is 125 cm³/mol. The van der Waals surface area contributed by atoms with Crippen molar-refractivity contribution in [3.63, 3.8) is 0 Å². The van der Waals surface area contributed by atoms with E-state index in [1.807, 2.05) is 30.3 Å². The number of hydrogen-bond donors (Lipinski definition) is 4. The summed E-state index contributed by atoms with van der Waals surface area (Å²) in [4.78, 5) is 34.4. The first-order valence-electron chi connectivity index (χ1n) is 9.94. The minimum absolute atomic E-state index is 0.134. The summed E-state index contributed by atoms with van der Waals surface area (Å²) < 4.78 is 5.91. The molecule has 5 N–H and O–H groups in total. The van der Waals surface area contributed by atoms with Crippen LogP contribution in [0.2, 0.25) is 0 Å². The molecule has 0 unspecified atom stereocenters. The topological polar surface area (TPSA) is 126 Å². The Bertz CT molecular complexity index is 1530. The van der Waals surface area contributed by atoms with Gasteiger partial charge in [0.15, 0.2) is 0 Å². The van der Waals surface area contributed by atoms with Crippen molar-refractivity contribution in [2.45, 2.75) is 6.92 Å². The molecule has 2 aromatic heterocycles. The number of benzene rings is 3. The standard InChI is InChI=1S/C24H19N5O3/c1-13(30)26-14-6-8-15(9-7-14)32-16-10-11-19-20(12-16)28-23(27-19)21-22(25)17-4-2-3-5-18(17)29-24(21)31/h2-12H,1H3,(H,26,30)(H,27,28)(H3,25,29,31). The maximum atomic E-state index is 12.7. The van der Waals surface area contributed by atoms with Gasteiger partial charge in [0.05, 0.1) is 22.2 Å². The lowest BCUT2D eigenvalue weighted by Gasteiger charge is -2.07. The zero-order valence-electron chi connectivity index (χ0n) is 17.1. The summed E-state index contributed by atoms with van der Waals surface area (Å²) in [7, 11) is 0. The number of aromatic amines is 2. The van der Waals surface area contributed by atoms with Crippen LogP contribution in [-0.2, 0) is 4.79 Å². The van der Waals surface area contributed by atoms with Gasteiger partial charge in [-0.2, -0.15) is 0 Å². The lowest BCUT2D eigenvalue weighted by Crippen LogP contribution is -2.13. The SMILES string of the molecule is CC(=O)Nc1ccc(Oc2ccc3nc(-c4c(N)c5ccccc5[nH]c4=O)[nH]c3c2)cc1. The molecule has 0 aliphatic carbocycles. The van der Waals surface area contributed by atoms with E-state index in [4.69, 9.17) is 10.5 Å². The van der Waals surface area contributed by atoms with E-state index in [9.17, 15) is 9.59 Å². The minimum atomic E-state index is -0.309. The molecule has 0 fully saturated rings. The lowest BCUT2D eigenvalue weighted by atomic mass is 10.1. The van der Waals surface area contributed by atoms with Gasteiger partial charge < -0.3 is 25.8 Å². The van der Waals surface area contributed by atoms with Gasteiger partial charge in [-0.05, 0) is 42.5 Å². The third-order valence-corrected chi connectivity index (χ3v) is 5.06. The van der Waals surface area contributed by atoms with Crippen LogP contribution in [0, 0.1) is 0 Å². The van der Waals surface area contributed by atoms with Gasteiger partial charge in [-0.3, -0.25) is 9.59 Å². The van der Waals surface area contributed by atoms with E-state index in [-0.39, 0.29) is 11.5 Å². The van der Waals surface area contributed by atoms with Crippen LogP contribution in [-0.4, -0.2) is 20.9 Å². The molecule has 0 spiro atoms. The number of nitrogens with zero attached hydrogens (tertiary/aromatic N) is 1. The molecule has 8 heteroatoms. The second kappa shape index (κ2) is 7.59. The molecule has 0 saturated heterocycles. The summed E-state index contributed by atoms with van der Waals surface area (Å²) >= 11 is 0. The monoisotopic (exact) mass is 425 g/mol. The number of nitrogens with one attached hydrogen (secondary N) is 3. The first-order valence-corrected chi connectivity index (χ1v) is 9.94. The largest absolute Gasteiger partial charge is 0.457 e. The smallest absolute Gasteiger partial charge is 0.261 e. The van der Waals surface area contributed by atoms with Gasteiger partial charge in [0.25, 0.3) is 5.56 Å². The van der Waals surface area contributed by atoms with Crippen molar-refractivity contribution in [2.24, 2.45) is 0 Å². The summed E-state index contributed by atoms with van der Waals surface area (Å²) in [5, 5.41) is 3.47. The van der Waals surface area contributed by atoms with Crippen LogP contribution < -0.4 is 21.3 Å². The van der Waals surface area contributed by atoms with Gasteiger partial charge in [-0.25, -0.2) is 4.98 Å². The maximum absolute atomic E-state index is 12.7. The second-order valence-electron chi connectivity index (χ2n) is 7.36. The molecule has 158 valence electrons. The fraction of sp³-hybridized carbons (Fsp3) is 0.0417. The highest BCUT2D eigenvalue weighted by Crippen LogP contribution is 2.30. The number of carbonyl (C=O) groups is 1. The average Bonchev–Trinajstić information content (AvgIpc) is 3.17. The number of para-hydroxylation sites is 1. The zero-order chi connectivity index (χ0) is 22.2. The summed E-state index contributed by atoms with van der Waals surface area (Å²) in [6, 6.07) is 19.8. The number of carbonyl (C=O) groups excluding carboxylic acids is 1. The van der Waals surface area contributed by atoms with Crippen LogP contribution in [0.4, 0.5) is 11.4 Å². The van der Waals surface area contributed by atoms with Crippen LogP contribution >= 0.6 is 0 Å². The number of rotatable bonds is 4. The Balaban J connectivity index is 1.48. The van der Waals surface area contributed by atoms with Crippen molar-refractivity contribution in [1.82, 2.24) is 15.0 Å². The first-order chi connectivity index (χ1) is 15.5. The lowest BCUT2D eigenvalue weighted by molar-refractivity contribution is -0.114. The number of ether oxygens (including phenoxy) is 1. The molecular weight excluding hydrogens is 406 g/mol. The van der Waals surface area contributed by atoms with E-state index in [1.165, 1.54) is 6.92 Å². The molecule has 5 aromatic rings. The predicted octanol–water partition coefficient (Wildman–Crippen LogP) is 4.40. The third kappa shape index (κ3) is 3.54. The molecule has 2 heterocycles. The number of pyridine rings is 1. The highest BCUT2D eigenvalue weighted by atomic mass is 16.5. The van der Waals surface area contributed by atoms with E-state index < -0.39 is 0 Å². The average molecular weight is 425 g/mol. The van der Waals surface area contributed by atoms with Crippen molar-refractivity contribution in [3.05, 3.63) is 77.1 Å². The van der Waals surface area contributed by atoms with Gasteiger partial charge >= 0.3 is 0 Å². The Morgan fingerprint density at radius 2 is 1.72 bits per heavy atom. The Morgan fingerprint density at radius 1 is 0.969 bits per heavy atom. The van der Waals surface area contributed by atoms with E-state index in [0.29, 0.717) is 50.8 Å². The molecule has 3 aromatic carbocycles. The molecule has 1 amide bonds. The molecule has 0 atom stereocenters. The highest BCUT2D eigenvalue weighted by Gasteiger charge is 2.16. The molecule has 8 nitrogen and oxygen atoms in total. The molecule has 0 radical (unpaired) electrons. The number of nitrogen functional groups attached to an aromatic ring is 1. The van der Waals surface area contributed by atoms with Crippen LogP contribution in [0.25, 0.3) is 33.3 Å². The number of nitrogens with two attached hydrogens (primary N) is 1. The van der Waals surface area contributed by atoms with Gasteiger partial charge in [0, 0.05) is 24.1 Å². The van der Waals surface area contributed by atoms with Crippen molar-refractivity contribution in [3.8, 4) is 22.9 Å². The summed E-state index contributed by atoms with van der Waals surface area (Å²) in [5.41, 5.74) is 9.44. The van der Waals surface area contributed by atoms with Crippen LogP contribution in [0.1, 0.15) is 6.92 Å². The number of amides is 1. The Morgan fingerprint density at radius 3 is 2.50 bits per heavy atom. The van der Waals surface area contributed by atoms with Crippen LogP contribution in [0.15, 0.2) is 71.5 Å². The molecule has 0 saturated carbocycles. The maximum Gasteiger partial charge on any atom is 0.261 e. The summed E-state index contributed by atoms with van der Waals surface area (Å²) in [6.07, 6.45) is 0.